The van der Waals surface area contributed by atoms with Crippen molar-refractivity contribution < 1.29 is 4.79 Å². The molecule has 1 amide bonds. The normalized spacial score (nSPS) is 16.4. The van der Waals surface area contributed by atoms with Crippen molar-refractivity contribution in [1.82, 2.24) is 4.57 Å². The Hall–Kier alpha value is -1.13. The smallest absolute Gasteiger partial charge is 0.251 e. The highest BCUT2D eigenvalue weighted by atomic mass is 35.5. The van der Waals surface area contributed by atoms with Gasteiger partial charge in [-0.1, -0.05) is 29.0 Å². The second kappa shape index (κ2) is 4.52. The Balaban J connectivity index is 2.22. The zero-order valence-electron chi connectivity index (χ0n) is 10.0. The standard InChI is InChI=1S/C13H13ClN2OS/c1-2-16-11-9(14)4-3-5-10(11)18-13(16)15-12(17)8-6-7-8/h3-5,8H,2,6-7H2,1H3. The van der Waals surface area contributed by atoms with Gasteiger partial charge in [-0.3, -0.25) is 4.79 Å². The molecular formula is C13H13ClN2OS. The van der Waals surface area contributed by atoms with Gasteiger partial charge in [0.1, 0.15) is 0 Å². The van der Waals surface area contributed by atoms with E-state index in [1.165, 1.54) is 11.3 Å². The van der Waals surface area contributed by atoms with Crippen molar-refractivity contribution in [3.05, 3.63) is 28.0 Å². The maximum Gasteiger partial charge on any atom is 0.251 e. The molecule has 0 spiro atoms. The molecule has 0 bridgehead atoms. The number of aromatic nitrogens is 1. The fourth-order valence-electron chi connectivity index (χ4n) is 1.98. The van der Waals surface area contributed by atoms with Gasteiger partial charge in [-0.2, -0.15) is 4.99 Å². The molecule has 1 aromatic heterocycles. The number of hydrogen-bond acceptors (Lipinski definition) is 2. The number of hydrogen-bond donors (Lipinski definition) is 0. The van der Waals surface area contributed by atoms with E-state index < -0.39 is 0 Å². The van der Waals surface area contributed by atoms with Crippen LogP contribution in [0.1, 0.15) is 19.8 Å². The zero-order valence-corrected chi connectivity index (χ0v) is 11.6. The Labute approximate surface area is 114 Å². The van der Waals surface area contributed by atoms with Crippen LogP contribution in [0.15, 0.2) is 23.2 Å². The highest BCUT2D eigenvalue weighted by Gasteiger charge is 2.29. The molecule has 0 unspecified atom stereocenters. The van der Waals surface area contributed by atoms with Crippen molar-refractivity contribution in [2.75, 3.05) is 0 Å². The van der Waals surface area contributed by atoms with Gasteiger partial charge in [0.25, 0.3) is 5.91 Å². The van der Waals surface area contributed by atoms with Crippen LogP contribution in [0.5, 0.6) is 0 Å². The first-order valence-corrected chi connectivity index (χ1v) is 7.26. The van der Waals surface area contributed by atoms with Crippen LogP contribution in [0.4, 0.5) is 0 Å². The van der Waals surface area contributed by atoms with E-state index in [0.29, 0.717) is 5.02 Å². The average molecular weight is 281 g/mol. The summed E-state index contributed by atoms with van der Waals surface area (Å²) < 4.78 is 3.09. The average Bonchev–Trinajstić information content (AvgIpc) is 3.12. The minimum atomic E-state index is 0.0138. The number of halogens is 1. The van der Waals surface area contributed by atoms with Gasteiger partial charge in [0.2, 0.25) is 0 Å². The molecule has 94 valence electrons. The van der Waals surface area contributed by atoms with Crippen molar-refractivity contribution in [1.29, 1.82) is 0 Å². The van der Waals surface area contributed by atoms with E-state index >= 15 is 0 Å². The predicted molar refractivity (Wildman–Crippen MR) is 73.8 cm³/mol. The molecule has 0 atom stereocenters. The quantitative estimate of drug-likeness (QED) is 0.832. The largest absolute Gasteiger partial charge is 0.315 e. The number of fused-ring (bicyclic) bond motifs is 1. The number of benzene rings is 1. The van der Waals surface area contributed by atoms with Gasteiger partial charge in [0.05, 0.1) is 15.2 Å². The van der Waals surface area contributed by atoms with Gasteiger partial charge >= 0.3 is 0 Å². The van der Waals surface area contributed by atoms with Crippen molar-refractivity contribution in [2.24, 2.45) is 10.9 Å². The number of carbonyl (C=O) groups is 1. The molecule has 2 aromatic rings. The van der Waals surface area contributed by atoms with Crippen LogP contribution in [0.25, 0.3) is 10.2 Å². The van der Waals surface area contributed by atoms with Gasteiger partial charge < -0.3 is 4.57 Å². The lowest BCUT2D eigenvalue weighted by atomic mass is 10.3. The lowest BCUT2D eigenvalue weighted by Gasteiger charge is -2.01. The molecule has 0 N–H and O–H groups in total. The lowest BCUT2D eigenvalue weighted by molar-refractivity contribution is -0.119. The zero-order chi connectivity index (χ0) is 12.7. The summed E-state index contributed by atoms with van der Waals surface area (Å²) >= 11 is 7.75. The fraction of sp³-hybridized carbons (Fsp3) is 0.385. The molecule has 18 heavy (non-hydrogen) atoms. The minimum Gasteiger partial charge on any atom is -0.315 e. The second-order valence-corrected chi connectivity index (χ2v) is 5.86. The number of carbonyl (C=O) groups excluding carboxylic acids is 1. The fourth-order valence-corrected chi connectivity index (χ4v) is 3.44. The van der Waals surface area contributed by atoms with Crippen molar-refractivity contribution >= 4 is 39.1 Å². The Morgan fingerprint density at radius 2 is 2.33 bits per heavy atom. The summed E-state index contributed by atoms with van der Waals surface area (Å²) in [6, 6.07) is 5.81. The van der Waals surface area contributed by atoms with Crippen LogP contribution in [0, 0.1) is 5.92 Å². The maximum absolute atomic E-state index is 11.8. The summed E-state index contributed by atoms with van der Waals surface area (Å²) in [7, 11) is 0. The maximum atomic E-state index is 11.8. The second-order valence-electron chi connectivity index (χ2n) is 4.44. The minimum absolute atomic E-state index is 0.0138. The summed E-state index contributed by atoms with van der Waals surface area (Å²) in [5, 5.41) is 0.714. The van der Waals surface area contributed by atoms with E-state index in [1.807, 2.05) is 29.7 Å². The molecular weight excluding hydrogens is 268 g/mol. The van der Waals surface area contributed by atoms with E-state index in [4.69, 9.17) is 11.6 Å². The molecule has 1 aliphatic carbocycles. The van der Waals surface area contributed by atoms with Crippen LogP contribution in [0.3, 0.4) is 0 Å². The Bertz CT molecular complexity index is 682. The summed E-state index contributed by atoms with van der Waals surface area (Å²) in [5.74, 6) is 0.177. The molecule has 1 aliphatic rings. The van der Waals surface area contributed by atoms with Crippen LogP contribution in [-0.2, 0) is 11.3 Å². The predicted octanol–water partition coefficient (Wildman–Crippen LogP) is 3.21. The SMILES string of the molecule is CCn1c(=NC(=O)C2CC2)sc2cccc(Cl)c21. The third kappa shape index (κ3) is 1.99. The Kier molecular flexibility index (Phi) is 2.99. The van der Waals surface area contributed by atoms with Crippen LogP contribution >= 0.6 is 22.9 Å². The first-order chi connectivity index (χ1) is 8.70. The monoisotopic (exact) mass is 280 g/mol. The number of nitrogens with zero attached hydrogens (tertiary/aromatic N) is 2. The molecule has 3 nitrogen and oxygen atoms in total. The molecule has 3 rings (SSSR count). The molecule has 0 radical (unpaired) electrons. The van der Waals surface area contributed by atoms with Crippen LogP contribution in [0.2, 0.25) is 5.02 Å². The molecule has 0 aliphatic heterocycles. The summed E-state index contributed by atoms with van der Waals surface area (Å²) in [5.41, 5.74) is 0.981. The van der Waals surface area contributed by atoms with Crippen LogP contribution in [-0.4, -0.2) is 10.5 Å². The first kappa shape index (κ1) is 11.9. The van der Waals surface area contributed by atoms with Gasteiger partial charge in [0, 0.05) is 12.5 Å². The molecule has 1 aromatic carbocycles. The van der Waals surface area contributed by atoms with Gasteiger partial charge in [0.15, 0.2) is 4.80 Å². The molecule has 1 fully saturated rings. The van der Waals surface area contributed by atoms with E-state index in [1.54, 1.807) is 0 Å². The van der Waals surface area contributed by atoms with Crippen molar-refractivity contribution in [2.45, 2.75) is 26.3 Å². The first-order valence-electron chi connectivity index (χ1n) is 6.07. The summed E-state index contributed by atoms with van der Waals surface area (Å²) in [6.45, 7) is 2.80. The lowest BCUT2D eigenvalue weighted by Crippen LogP contribution is -2.16. The number of aryl methyl sites for hydroxylation is 1. The van der Waals surface area contributed by atoms with Gasteiger partial charge in [-0.15, -0.1) is 0 Å². The van der Waals surface area contributed by atoms with E-state index in [-0.39, 0.29) is 11.8 Å². The third-order valence-corrected chi connectivity index (χ3v) is 4.45. The van der Waals surface area contributed by atoms with Gasteiger partial charge in [-0.25, -0.2) is 0 Å². The molecule has 1 saturated carbocycles. The van der Waals surface area contributed by atoms with E-state index in [2.05, 4.69) is 4.99 Å². The van der Waals surface area contributed by atoms with E-state index in [0.717, 1.165) is 34.4 Å². The highest BCUT2D eigenvalue weighted by Crippen LogP contribution is 2.30. The number of para-hydroxylation sites is 1. The summed E-state index contributed by atoms with van der Waals surface area (Å²) in [6.07, 6.45) is 1.97. The van der Waals surface area contributed by atoms with E-state index in [9.17, 15) is 4.79 Å². The van der Waals surface area contributed by atoms with Crippen molar-refractivity contribution in [3.8, 4) is 0 Å². The molecule has 1 heterocycles. The topological polar surface area (TPSA) is 34.4 Å². The number of rotatable bonds is 2. The highest BCUT2D eigenvalue weighted by molar-refractivity contribution is 7.16. The Morgan fingerprint density at radius 3 is 3.00 bits per heavy atom. The third-order valence-electron chi connectivity index (χ3n) is 3.10. The van der Waals surface area contributed by atoms with Crippen LogP contribution < -0.4 is 4.80 Å². The summed E-state index contributed by atoms with van der Waals surface area (Å²) in [4.78, 5) is 16.8. The van der Waals surface area contributed by atoms with Crippen molar-refractivity contribution in [3.63, 3.8) is 0 Å². The van der Waals surface area contributed by atoms with Gasteiger partial charge in [-0.05, 0) is 31.9 Å². The molecule has 5 heteroatoms. The number of amides is 1. The Morgan fingerprint density at radius 1 is 1.56 bits per heavy atom. The molecule has 0 saturated heterocycles. The number of thiazole rings is 1.